The number of hydrazone groups is 1. The van der Waals surface area contributed by atoms with Gasteiger partial charge in [-0.25, -0.2) is 5.43 Å². The molecule has 5 rings (SSSR count). The predicted molar refractivity (Wildman–Crippen MR) is 152 cm³/mol. The monoisotopic (exact) mass is 552 g/mol. The predicted octanol–water partition coefficient (Wildman–Crippen LogP) is 6.01. The van der Waals surface area contributed by atoms with Gasteiger partial charge in [0, 0.05) is 47.7 Å². The average Bonchev–Trinajstić information content (AvgIpc) is 2.95. The zero-order chi connectivity index (χ0) is 26.3. The summed E-state index contributed by atoms with van der Waals surface area (Å²) in [4.78, 5) is 31.2. The Kier molecular flexibility index (Phi) is 8.54. The molecule has 10 nitrogen and oxygen atoms in total. The van der Waals surface area contributed by atoms with E-state index in [4.69, 9.17) is 16.6 Å². The highest BCUT2D eigenvalue weighted by Crippen LogP contribution is 2.35. The van der Waals surface area contributed by atoms with Crippen LogP contribution < -0.4 is 15.2 Å². The lowest BCUT2D eigenvalue weighted by Crippen LogP contribution is -2.34. The smallest absolute Gasteiger partial charge is 0.283 e. The van der Waals surface area contributed by atoms with E-state index < -0.39 is 0 Å². The second-order valence-electron chi connectivity index (χ2n) is 9.26. The number of nitrogens with zero attached hydrogens (tertiary/aromatic N) is 7. The van der Waals surface area contributed by atoms with E-state index in [1.54, 1.807) is 24.3 Å². The number of hydrogen-bond acceptors (Lipinski definition) is 10. The van der Waals surface area contributed by atoms with Gasteiger partial charge in [-0.3, -0.25) is 10.1 Å². The molecule has 2 aliphatic heterocycles. The Labute approximate surface area is 230 Å². The molecule has 3 heterocycles. The first-order valence-corrected chi connectivity index (χ1v) is 14.0. The number of benzene rings is 2. The minimum atomic E-state index is -0.384. The Bertz CT molecular complexity index is 1260. The first kappa shape index (κ1) is 26.2. The summed E-state index contributed by atoms with van der Waals surface area (Å²) in [6, 6.07) is 12.2. The van der Waals surface area contributed by atoms with Crippen LogP contribution in [0.2, 0.25) is 5.02 Å². The molecular weight excluding hydrogens is 524 g/mol. The highest BCUT2D eigenvalue weighted by Gasteiger charge is 2.20. The van der Waals surface area contributed by atoms with Crippen molar-refractivity contribution in [2.45, 2.75) is 48.3 Å². The van der Waals surface area contributed by atoms with E-state index in [0.29, 0.717) is 33.3 Å². The minimum absolute atomic E-state index is 0.00818. The molecule has 0 radical (unpaired) electrons. The summed E-state index contributed by atoms with van der Waals surface area (Å²) in [6.45, 7) is 3.71. The summed E-state index contributed by atoms with van der Waals surface area (Å²) in [6.07, 6.45) is 8.47. The fourth-order valence-corrected chi connectivity index (χ4v) is 5.54. The molecule has 3 aromatic rings. The third-order valence-electron chi connectivity index (χ3n) is 6.49. The van der Waals surface area contributed by atoms with Gasteiger partial charge in [-0.15, -0.1) is 0 Å². The van der Waals surface area contributed by atoms with Gasteiger partial charge >= 0.3 is 0 Å². The standard InChI is InChI=1S/C26H29ClN8O2S/c27-20-8-10-21(11-9-20)38-23-12-7-19(17-22(23)35(36)37)18-28-32-24-29-25(33-13-3-1-4-14-33)31-26(30-24)34-15-5-2-6-16-34/h7-12,17-18H,1-6,13-16H2,(H,29,30,31,32)/b28-18+. The van der Waals surface area contributed by atoms with E-state index in [9.17, 15) is 10.1 Å². The second kappa shape index (κ2) is 12.4. The molecule has 2 fully saturated rings. The quantitative estimate of drug-likeness (QED) is 0.204. The number of aromatic nitrogens is 3. The fourth-order valence-electron chi connectivity index (χ4n) is 4.51. The van der Waals surface area contributed by atoms with Gasteiger partial charge in [-0.2, -0.15) is 20.1 Å². The summed E-state index contributed by atoms with van der Waals surface area (Å²) in [5.74, 6) is 1.69. The Balaban J connectivity index is 1.34. The molecule has 0 amide bonds. The Morgan fingerprint density at radius 1 is 0.895 bits per heavy atom. The van der Waals surface area contributed by atoms with Crippen LogP contribution in [0.15, 0.2) is 57.4 Å². The van der Waals surface area contributed by atoms with Gasteiger partial charge in [0.1, 0.15) is 0 Å². The Morgan fingerprint density at radius 3 is 2.08 bits per heavy atom. The highest BCUT2D eigenvalue weighted by molar-refractivity contribution is 7.99. The maximum atomic E-state index is 11.8. The molecule has 1 N–H and O–H groups in total. The lowest BCUT2D eigenvalue weighted by molar-refractivity contribution is -0.387. The summed E-state index contributed by atoms with van der Waals surface area (Å²) < 4.78 is 0. The summed E-state index contributed by atoms with van der Waals surface area (Å²) in [7, 11) is 0. The number of nitrogens with one attached hydrogen (secondary N) is 1. The van der Waals surface area contributed by atoms with Crippen LogP contribution in [0.4, 0.5) is 23.5 Å². The van der Waals surface area contributed by atoms with Crippen LogP contribution in [0.1, 0.15) is 44.1 Å². The zero-order valence-electron chi connectivity index (χ0n) is 20.9. The molecule has 2 aromatic carbocycles. The van der Waals surface area contributed by atoms with Crippen LogP contribution in [0.5, 0.6) is 0 Å². The molecular formula is C26H29ClN8O2S. The van der Waals surface area contributed by atoms with Gasteiger partial charge < -0.3 is 9.80 Å². The van der Waals surface area contributed by atoms with Crippen molar-refractivity contribution in [1.82, 2.24) is 15.0 Å². The maximum Gasteiger partial charge on any atom is 0.283 e. The van der Waals surface area contributed by atoms with Gasteiger partial charge in [0.2, 0.25) is 17.8 Å². The molecule has 2 saturated heterocycles. The van der Waals surface area contributed by atoms with Crippen molar-refractivity contribution >= 4 is 53.1 Å². The summed E-state index contributed by atoms with van der Waals surface area (Å²) >= 11 is 7.27. The average molecular weight is 553 g/mol. The summed E-state index contributed by atoms with van der Waals surface area (Å²) in [5.41, 5.74) is 3.52. The number of nitro groups is 1. The molecule has 0 saturated carbocycles. The summed E-state index contributed by atoms with van der Waals surface area (Å²) in [5, 5.41) is 16.7. The van der Waals surface area contributed by atoms with E-state index >= 15 is 0 Å². The SMILES string of the molecule is O=[N+]([O-])c1cc(/C=N/Nc2nc(N3CCCCC3)nc(N3CCCCC3)n2)ccc1Sc1ccc(Cl)cc1. The highest BCUT2D eigenvalue weighted by atomic mass is 35.5. The van der Waals surface area contributed by atoms with Crippen molar-refractivity contribution in [2.24, 2.45) is 5.10 Å². The molecule has 198 valence electrons. The fraction of sp³-hybridized carbons (Fsp3) is 0.385. The van der Waals surface area contributed by atoms with E-state index in [-0.39, 0.29) is 10.6 Å². The van der Waals surface area contributed by atoms with Crippen LogP contribution in [-0.2, 0) is 0 Å². The molecule has 38 heavy (non-hydrogen) atoms. The maximum absolute atomic E-state index is 11.8. The van der Waals surface area contributed by atoms with Gasteiger partial charge in [-0.1, -0.05) is 29.4 Å². The van der Waals surface area contributed by atoms with Gasteiger partial charge in [0.05, 0.1) is 16.0 Å². The topological polar surface area (TPSA) is 113 Å². The van der Waals surface area contributed by atoms with Crippen molar-refractivity contribution in [1.29, 1.82) is 0 Å². The molecule has 0 spiro atoms. The third kappa shape index (κ3) is 6.70. The Hall–Kier alpha value is -3.44. The second-order valence-corrected chi connectivity index (χ2v) is 10.8. The van der Waals surface area contributed by atoms with Crippen molar-refractivity contribution in [2.75, 3.05) is 41.4 Å². The normalized spacial score (nSPS) is 16.1. The lowest BCUT2D eigenvalue weighted by Gasteiger charge is -2.30. The zero-order valence-corrected chi connectivity index (χ0v) is 22.5. The minimum Gasteiger partial charge on any atom is -0.341 e. The number of anilines is 3. The third-order valence-corrected chi connectivity index (χ3v) is 7.81. The van der Waals surface area contributed by atoms with Gasteiger partial charge in [0.25, 0.3) is 5.69 Å². The molecule has 12 heteroatoms. The first-order valence-electron chi connectivity index (χ1n) is 12.8. The van der Waals surface area contributed by atoms with Crippen LogP contribution in [-0.4, -0.2) is 52.3 Å². The molecule has 0 bridgehead atoms. The number of hydrogen-bond donors (Lipinski definition) is 1. The molecule has 0 atom stereocenters. The molecule has 1 aromatic heterocycles. The van der Waals surface area contributed by atoms with Crippen LogP contribution in [0.3, 0.4) is 0 Å². The number of rotatable bonds is 8. The molecule has 0 aliphatic carbocycles. The van der Waals surface area contributed by atoms with Crippen LogP contribution in [0, 0.1) is 10.1 Å². The van der Waals surface area contributed by atoms with Crippen LogP contribution >= 0.6 is 23.4 Å². The lowest BCUT2D eigenvalue weighted by atomic mass is 10.1. The Morgan fingerprint density at radius 2 is 1.50 bits per heavy atom. The van der Waals surface area contributed by atoms with Crippen LogP contribution in [0.25, 0.3) is 0 Å². The van der Waals surface area contributed by atoms with E-state index in [2.05, 4.69) is 30.3 Å². The van der Waals surface area contributed by atoms with Crippen molar-refractivity contribution in [3.63, 3.8) is 0 Å². The number of piperidine rings is 2. The number of nitro benzene ring substituents is 1. The van der Waals surface area contributed by atoms with Crippen molar-refractivity contribution in [3.05, 3.63) is 63.2 Å². The molecule has 2 aliphatic rings. The van der Waals surface area contributed by atoms with Crippen molar-refractivity contribution in [3.8, 4) is 0 Å². The van der Waals surface area contributed by atoms with Crippen molar-refractivity contribution < 1.29 is 4.92 Å². The van der Waals surface area contributed by atoms with E-state index in [1.165, 1.54) is 36.9 Å². The van der Waals surface area contributed by atoms with E-state index in [0.717, 1.165) is 56.8 Å². The van der Waals surface area contributed by atoms with Gasteiger partial charge in [-0.05, 0) is 68.9 Å². The first-order chi connectivity index (χ1) is 18.5. The van der Waals surface area contributed by atoms with E-state index in [1.807, 2.05) is 12.1 Å². The number of halogens is 1. The molecule has 0 unspecified atom stereocenters. The van der Waals surface area contributed by atoms with Gasteiger partial charge in [0.15, 0.2) is 0 Å². The largest absolute Gasteiger partial charge is 0.341 e.